The standard InChI is InChI=1S/C16H11N3O5/c1-24-16-15(19(22)23)14(10-5-3-2-4-6-10)12-9-11(18(20)21)7-8-13(12)17-16/h2-9H,1H3. The van der Waals surface area contributed by atoms with Crippen molar-refractivity contribution >= 4 is 22.3 Å². The number of pyridine rings is 1. The van der Waals surface area contributed by atoms with E-state index in [9.17, 15) is 20.2 Å². The van der Waals surface area contributed by atoms with E-state index >= 15 is 0 Å². The fourth-order valence-electron chi connectivity index (χ4n) is 2.54. The maximum absolute atomic E-state index is 11.6. The molecule has 0 atom stereocenters. The molecule has 0 amide bonds. The van der Waals surface area contributed by atoms with Crippen LogP contribution in [0.2, 0.25) is 0 Å². The molecule has 0 saturated carbocycles. The second kappa shape index (κ2) is 5.92. The average molecular weight is 325 g/mol. The van der Waals surface area contributed by atoms with Crippen molar-refractivity contribution in [3.63, 3.8) is 0 Å². The van der Waals surface area contributed by atoms with Crippen LogP contribution in [0, 0.1) is 20.2 Å². The molecule has 8 heteroatoms. The van der Waals surface area contributed by atoms with Crippen molar-refractivity contribution in [1.82, 2.24) is 4.98 Å². The smallest absolute Gasteiger partial charge is 0.339 e. The second-order valence-electron chi connectivity index (χ2n) is 4.93. The lowest BCUT2D eigenvalue weighted by atomic mass is 9.99. The Morgan fingerprint density at radius 3 is 2.29 bits per heavy atom. The summed E-state index contributed by atoms with van der Waals surface area (Å²) in [5, 5.41) is 23.0. The lowest BCUT2D eigenvalue weighted by Gasteiger charge is -2.10. The van der Waals surface area contributed by atoms with E-state index < -0.39 is 9.85 Å². The van der Waals surface area contributed by atoms with Gasteiger partial charge in [-0.05, 0) is 11.6 Å². The maximum Gasteiger partial charge on any atom is 0.339 e. The molecule has 0 aliphatic carbocycles. The fraction of sp³-hybridized carbons (Fsp3) is 0.0625. The first kappa shape index (κ1) is 15.3. The van der Waals surface area contributed by atoms with Gasteiger partial charge in [0.15, 0.2) is 0 Å². The highest BCUT2D eigenvalue weighted by Gasteiger charge is 2.27. The van der Waals surface area contributed by atoms with Crippen molar-refractivity contribution in [3.05, 3.63) is 68.8 Å². The van der Waals surface area contributed by atoms with Gasteiger partial charge < -0.3 is 4.74 Å². The Bertz CT molecular complexity index is 957. The predicted molar refractivity (Wildman–Crippen MR) is 87.0 cm³/mol. The third kappa shape index (κ3) is 2.50. The number of aromatic nitrogens is 1. The first-order valence-corrected chi connectivity index (χ1v) is 6.89. The van der Waals surface area contributed by atoms with Gasteiger partial charge in [0.2, 0.25) is 0 Å². The van der Waals surface area contributed by atoms with E-state index in [1.165, 1.54) is 25.3 Å². The van der Waals surface area contributed by atoms with Crippen LogP contribution in [-0.4, -0.2) is 21.9 Å². The second-order valence-corrected chi connectivity index (χ2v) is 4.93. The number of nitrogens with zero attached hydrogens (tertiary/aromatic N) is 3. The molecule has 8 nitrogen and oxygen atoms in total. The van der Waals surface area contributed by atoms with Crippen LogP contribution in [-0.2, 0) is 0 Å². The van der Waals surface area contributed by atoms with Crippen molar-refractivity contribution in [2.45, 2.75) is 0 Å². The van der Waals surface area contributed by atoms with E-state index in [-0.39, 0.29) is 22.8 Å². The van der Waals surface area contributed by atoms with Gasteiger partial charge in [-0.2, -0.15) is 0 Å². The Kier molecular flexibility index (Phi) is 3.78. The highest BCUT2D eigenvalue weighted by Crippen LogP contribution is 2.42. The van der Waals surface area contributed by atoms with E-state index in [4.69, 9.17) is 4.74 Å². The molecule has 2 aromatic carbocycles. The van der Waals surface area contributed by atoms with E-state index in [1.54, 1.807) is 30.3 Å². The van der Waals surface area contributed by atoms with Crippen LogP contribution < -0.4 is 4.74 Å². The van der Waals surface area contributed by atoms with Crippen LogP contribution in [0.25, 0.3) is 22.0 Å². The number of ether oxygens (including phenoxy) is 1. The largest absolute Gasteiger partial charge is 0.476 e. The first-order chi connectivity index (χ1) is 11.5. The molecular weight excluding hydrogens is 314 g/mol. The summed E-state index contributed by atoms with van der Waals surface area (Å²) < 4.78 is 5.07. The van der Waals surface area contributed by atoms with Gasteiger partial charge in [-0.3, -0.25) is 20.2 Å². The Morgan fingerprint density at radius 1 is 1.00 bits per heavy atom. The molecule has 0 aliphatic rings. The number of non-ortho nitro benzene ring substituents is 1. The van der Waals surface area contributed by atoms with Crippen LogP contribution in [0.1, 0.15) is 0 Å². The van der Waals surface area contributed by atoms with Crippen molar-refractivity contribution < 1.29 is 14.6 Å². The van der Waals surface area contributed by atoms with Gasteiger partial charge in [-0.25, -0.2) is 4.98 Å². The molecular formula is C16H11N3O5. The summed E-state index contributed by atoms with van der Waals surface area (Å²) in [4.78, 5) is 25.6. The lowest BCUT2D eigenvalue weighted by Crippen LogP contribution is -2.01. The van der Waals surface area contributed by atoms with E-state index in [2.05, 4.69) is 4.98 Å². The van der Waals surface area contributed by atoms with Crippen LogP contribution in [0.5, 0.6) is 5.88 Å². The molecule has 0 unspecified atom stereocenters. The quantitative estimate of drug-likeness (QED) is 0.534. The third-order valence-corrected chi connectivity index (χ3v) is 3.56. The molecule has 24 heavy (non-hydrogen) atoms. The summed E-state index contributed by atoms with van der Waals surface area (Å²) in [5.74, 6) is -0.139. The summed E-state index contributed by atoms with van der Waals surface area (Å²) in [6.45, 7) is 0. The number of hydrogen-bond acceptors (Lipinski definition) is 6. The lowest BCUT2D eigenvalue weighted by molar-refractivity contribution is -0.385. The normalized spacial score (nSPS) is 10.5. The molecule has 0 spiro atoms. The molecule has 1 aromatic heterocycles. The van der Waals surface area contributed by atoms with Crippen LogP contribution in [0.4, 0.5) is 11.4 Å². The molecule has 120 valence electrons. The molecule has 1 heterocycles. The summed E-state index contributed by atoms with van der Waals surface area (Å²) in [6, 6.07) is 12.7. The summed E-state index contributed by atoms with van der Waals surface area (Å²) in [6.07, 6.45) is 0. The molecule has 0 aliphatic heterocycles. The zero-order valence-electron chi connectivity index (χ0n) is 12.5. The zero-order chi connectivity index (χ0) is 17.3. The van der Waals surface area contributed by atoms with Gasteiger partial charge in [-0.15, -0.1) is 0 Å². The fourth-order valence-corrected chi connectivity index (χ4v) is 2.54. The minimum absolute atomic E-state index is 0.139. The van der Waals surface area contributed by atoms with Gasteiger partial charge in [-0.1, -0.05) is 30.3 Å². The number of hydrogen-bond donors (Lipinski definition) is 0. The van der Waals surface area contributed by atoms with Crippen LogP contribution in [0.15, 0.2) is 48.5 Å². The summed E-state index contributed by atoms with van der Waals surface area (Å²) in [7, 11) is 1.29. The molecule has 3 aromatic rings. The Hall–Kier alpha value is -3.55. The molecule has 0 fully saturated rings. The van der Waals surface area contributed by atoms with Gasteiger partial charge in [0.25, 0.3) is 11.6 Å². The number of fused-ring (bicyclic) bond motifs is 1. The van der Waals surface area contributed by atoms with Gasteiger partial charge in [0.1, 0.15) is 0 Å². The van der Waals surface area contributed by atoms with E-state index in [0.29, 0.717) is 16.5 Å². The van der Waals surface area contributed by atoms with Gasteiger partial charge in [0.05, 0.1) is 28.0 Å². The monoisotopic (exact) mass is 325 g/mol. The third-order valence-electron chi connectivity index (χ3n) is 3.56. The molecule has 0 saturated heterocycles. The number of nitro groups is 2. The van der Waals surface area contributed by atoms with Gasteiger partial charge >= 0.3 is 5.69 Å². The van der Waals surface area contributed by atoms with E-state index in [0.717, 1.165) is 0 Å². The highest BCUT2D eigenvalue weighted by molar-refractivity contribution is 6.01. The molecule has 0 N–H and O–H groups in total. The van der Waals surface area contributed by atoms with Crippen molar-refractivity contribution in [2.75, 3.05) is 7.11 Å². The average Bonchev–Trinajstić information content (AvgIpc) is 2.59. The topological polar surface area (TPSA) is 108 Å². The number of methoxy groups -OCH3 is 1. The summed E-state index contributed by atoms with van der Waals surface area (Å²) in [5.41, 5.74) is 0.682. The minimum Gasteiger partial charge on any atom is -0.476 e. The zero-order valence-corrected chi connectivity index (χ0v) is 12.5. The van der Waals surface area contributed by atoms with Crippen molar-refractivity contribution in [1.29, 1.82) is 0 Å². The van der Waals surface area contributed by atoms with Crippen molar-refractivity contribution in [2.24, 2.45) is 0 Å². The predicted octanol–water partition coefficient (Wildman–Crippen LogP) is 3.73. The highest BCUT2D eigenvalue weighted by atomic mass is 16.6. The molecule has 0 radical (unpaired) electrons. The molecule has 0 bridgehead atoms. The Morgan fingerprint density at radius 2 is 1.71 bits per heavy atom. The van der Waals surface area contributed by atoms with E-state index in [1.807, 2.05) is 0 Å². The van der Waals surface area contributed by atoms with Crippen LogP contribution >= 0.6 is 0 Å². The number of rotatable bonds is 4. The van der Waals surface area contributed by atoms with Crippen LogP contribution in [0.3, 0.4) is 0 Å². The SMILES string of the molecule is COc1nc2ccc([N+](=O)[O-])cc2c(-c2ccccc2)c1[N+](=O)[O-]. The maximum atomic E-state index is 11.6. The summed E-state index contributed by atoms with van der Waals surface area (Å²) >= 11 is 0. The van der Waals surface area contributed by atoms with Gasteiger partial charge in [0, 0.05) is 17.5 Å². The van der Waals surface area contributed by atoms with Crippen molar-refractivity contribution in [3.8, 4) is 17.0 Å². The Labute approximate surface area is 135 Å². The molecule has 3 rings (SSSR count). The number of benzene rings is 2. The Balaban J connectivity index is 2.49. The number of nitro benzene ring substituents is 1. The minimum atomic E-state index is -0.591. The first-order valence-electron chi connectivity index (χ1n) is 6.89.